The number of rotatable bonds is 3. The highest BCUT2D eigenvalue weighted by Crippen LogP contribution is 2.46. The van der Waals surface area contributed by atoms with Crippen molar-refractivity contribution in [3.63, 3.8) is 0 Å². The summed E-state index contributed by atoms with van der Waals surface area (Å²) >= 11 is 0. The van der Waals surface area contributed by atoms with Gasteiger partial charge in [0.1, 0.15) is 6.07 Å². The van der Waals surface area contributed by atoms with Crippen LogP contribution in [0, 0.1) is 22.2 Å². The van der Waals surface area contributed by atoms with Gasteiger partial charge >= 0.3 is 0 Å². The zero-order valence-electron chi connectivity index (χ0n) is 14.1. The molecule has 0 bridgehead atoms. The molecule has 1 atom stereocenters. The lowest BCUT2D eigenvalue weighted by Crippen LogP contribution is -2.57. The standard InChI is InChI=1S/C16H26N2O3/c1-14(2,3)8-9-18-13(19)11(10-17)12(21-7)16(18,20)15(4,5)6/h20H,8-9H2,1-7H3. The van der Waals surface area contributed by atoms with E-state index in [1.54, 1.807) is 0 Å². The zero-order valence-corrected chi connectivity index (χ0v) is 14.1. The van der Waals surface area contributed by atoms with Crippen molar-refractivity contribution in [3.05, 3.63) is 11.3 Å². The predicted octanol–water partition coefficient (Wildman–Crippen LogP) is 2.42. The van der Waals surface area contributed by atoms with Crippen LogP contribution in [0.2, 0.25) is 0 Å². The largest absolute Gasteiger partial charge is 0.494 e. The minimum Gasteiger partial charge on any atom is -0.494 e. The number of methoxy groups -OCH3 is 1. The molecule has 21 heavy (non-hydrogen) atoms. The van der Waals surface area contributed by atoms with Gasteiger partial charge in [-0.05, 0) is 11.8 Å². The minimum absolute atomic E-state index is 0.0156. The van der Waals surface area contributed by atoms with Crippen molar-refractivity contribution in [3.8, 4) is 6.07 Å². The van der Waals surface area contributed by atoms with Gasteiger partial charge in [-0.1, -0.05) is 41.5 Å². The van der Waals surface area contributed by atoms with E-state index in [0.717, 1.165) is 0 Å². The average molecular weight is 294 g/mol. The monoisotopic (exact) mass is 294 g/mol. The van der Waals surface area contributed by atoms with Crippen LogP contribution in [0.3, 0.4) is 0 Å². The fraction of sp³-hybridized carbons (Fsp3) is 0.750. The summed E-state index contributed by atoms with van der Waals surface area (Å²) in [7, 11) is 1.38. The van der Waals surface area contributed by atoms with E-state index in [9.17, 15) is 15.2 Å². The second-order valence-electron chi connectivity index (χ2n) is 7.71. The summed E-state index contributed by atoms with van der Waals surface area (Å²) in [6, 6.07) is 1.87. The number of ether oxygens (including phenoxy) is 1. The van der Waals surface area contributed by atoms with Crippen LogP contribution < -0.4 is 0 Å². The van der Waals surface area contributed by atoms with Crippen molar-refractivity contribution in [1.29, 1.82) is 5.26 Å². The maximum Gasteiger partial charge on any atom is 0.270 e. The van der Waals surface area contributed by atoms with Crippen molar-refractivity contribution in [2.75, 3.05) is 13.7 Å². The Bertz CT molecular complexity index is 503. The maximum absolute atomic E-state index is 12.5. The first-order chi connectivity index (χ1) is 9.40. The van der Waals surface area contributed by atoms with Gasteiger partial charge in [0.05, 0.1) is 7.11 Å². The third-order valence-corrected chi connectivity index (χ3v) is 3.84. The summed E-state index contributed by atoms with van der Waals surface area (Å²) in [4.78, 5) is 13.9. The third kappa shape index (κ3) is 2.91. The second-order valence-corrected chi connectivity index (χ2v) is 7.71. The topological polar surface area (TPSA) is 73.6 Å². The van der Waals surface area contributed by atoms with E-state index in [1.807, 2.05) is 26.8 Å². The number of carbonyl (C=O) groups excluding carboxylic acids is 1. The Morgan fingerprint density at radius 1 is 1.29 bits per heavy atom. The van der Waals surface area contributed by atoms with Crippen LogP contribution >= 0.6 is 0 Å². The second kappa shape index (κ2) is 5.34. The van der Waals surface area contributed by atoms with E-state index in [0.29, 0.717) is 13.0 Å². The Labute approximate surface area is 127 Å². The molecule has 0 radical (unpaired) electrons. The summed E-state index contributed by atoms with van der Waals surface area (Å²) in [6.45, 7) is 12.0. The Kier molecular flexibility index (Phi) is 4.45. The predicted molar refractivity (Wildman–Crippen MR) is 79.8 cm³/mol. The molecule has 0 fully saturated rings. The number of carbonyl (C=O) groups is 1. The lowest BCUT2D eigenvalue weighted by molar-refractivity contribution is -0.175. The first-order valence-electron chi connectivity index (χ1n) is 7.13. The Morgan fingerprint density at radius 2 is 1.81 bits per heavy atom. The Hall–Kier alpha value is -1.54. The van der Waals surface area contributed by atoms with Crippen molar-refractivity contribution >= 4 is 5.91 Å². The molecule has 118 valence electrons. The molecule has 1 heterocycles. The summed E-state index contributed by atoms with van der Waals surface area (Å²) in [5.41, 5.74) is -2.37. The van der Waals surface area contributed by atoms with Gasteiger partial charge in [0.2, 0.25) is 5.72 Å². The van der Waals surface area contributed by atoms with Crippen LogP contribution in [0.5, 0.6) is 0 Å². The molecule has 1 N–H and O–H groups in total. The van der Waals surface area contributed by atoms with Gasteiger partial charge in [-0.15, -0.1) is 0 Å². The number of nitrogens with zero attached hydrogens (tertiary/aromatic N) is 2. The number of aliphatic hydroxyl groups is 1. The summed E-state index contributed by atoms with van der Waals surface area (Å²) in [6.07, 6.45) is 0.715. The molecule has 1 rings (SSSR count). The molecule has 1 aliphatic rings. The van der Waals surface area contributed by atoms with Crippen molar-refractivity contribution in [2.45, 2.75) is 53.7 Å². The molecule has 5 heteroatoms. The molecule has 0 spiro atoms. The number of nitriles is 1. The van der Waals surface area contributed by atoms with Crippen molar-refractivity contribution < 1.29 is 14.6 Å². The summed E-state index contributed by atoms with van der Waals surface area (Å²) < 4.78 is 5.23. The normalized spacial score (nSPS) is 23.6. The van der Waals surface area contributed by atoms with Crippen LogP contribution in [-0.2, 0) is 9.53 Å². The fourth-order valence-corrected chi connectivity index (χ4v) is 2.47. The highest BCUT2D eigenvalue weighted by molar-refractivity contribution is 6.01. The number of amides is 1. The van der Waals surface area contributed by atoms with Gasteiger partial charge < -0.3 is 14.7 Å². The summed E-state index contributed by atoms with van der Waals surface area (Å²) in [5.74, 6) is -0.410. The van der Waals surface area contributed by atoms with Gasteiger partial charge in [-0.2, -0.15) is 5.26 Å². The Morgan fingerprint density at radius 3 is 2.14 bits per heavy atom. The molecule has 0 saturated carbocycles. The molecular formula is C16H26N2O3. The average Bonchev–Trinajstić information content (AvgIpc) is 2.53. The molecule has 1 unspecified atom stereocenters. The van der Waals surface area contributed by atoms with Gasteiger partial charge in [0.15, 0.2) is 11.3 Å². The molecule has 1 amide bonds. The van der Waals surface area contributed by atoms with Gasteiger partial charge in [-0.25, -0.2) is 0 Å². The van der Waals surface area contributed by atoms with E-state index in [-0.39, 0.29) is 16.7 Å². The fourth-order valence-electron chi connectivity index (χ4n) is 2.47. The van der Waals surface area contributed by atoms with E-state index in [1.165, 1.54) is 12.0 Å². The Balaban J connectivity index is 3.32. The zero-order chi connectivity index (χ0) is 16.6. The van der Waals surface area contributed by atoms with E-state index in [4.69, 9.17) is 4.74 Å². The molecule has 0 saturated heterocycles. The first kappa shape index (κ1) is 17.5. The molecule has 0 aliphatic carbocycles. The van der Waals surface area contributed by atoms with E-state index < -0.39 is 17.0 Å². The molecule has 0 aromatic heterocycles. The smallest absolute Gasteiger partial charge is 0.270 e. The first-order valence-corrected chi connectivity index (χ1v) is 7.13. The number of hydrogen-bond acceptors (Lipinski definition) is 4. The van der Waals surface area contributed by atoms with Gasteiger partial charge in [0.25, 0.3) is 5.91 Å². The number of hydrogen-bond donors (Lipinski definition) is 1. The van der Waals surface area contributed by atoms with Crippen LogP contribution in [0.1, 0.15) is 48.0 Å². The van der Waals surface area contributed by atoms with Gasteiger partial charge in [-0.3, -0.25) is 4.79 Å². The maximum atomic E-state index is 12.5. The molecule has 0 aromatic rings. The lowest BCUT2D eigenvalue weighted by Gasteiger charge is -2.44. The molecule has 0 aromatic carbocycles. The minimum atomic E-state index is -1.60. The highest BCUT2D eigenvalue weighted by Gasteiger charge is 2.58. The highest BCUT2D eigenvalue weighted by atomic mass is 16.5. The van der Waals surface area contributed by atoms with E-state index in [2.05, 4.69) is 20.8 Å². The summed E-state index contributed by atoms with van der Waals surface area (Å²) in [5, 5.41) is 20.4. The van der Waals surface area contributed by atoms with Gasteiger partial charge in [0, 0.05) is 12.0 Å². The quantitative estimate of drug-likeness (QED) is 0.867. The molecule has 5 nitrogen and oxygen atoms in total. The lowest BCUT2D eigenvalue weighted by atomic mass is 9.80. The van der Waals surface area contributed by atoms with Crippen LogP contribution in [0.25, 0.3) is 0 Å². The molecular weight excluding hydrogens is 268 g/mol. The van der Waals surface area contributed by atoms with Crippen LogP contribution in [0.4, 0.5) is 0 Å². The van der Waals surface area contributed by atoms with Crippen molar-refractivity contribution in [2.24, 2.45) is 10.8 Å². The van der Waals surface area contributed by atoms with E-state index >= 15 is 0 Å². The van der Waals surface area contributed by atoms with Crippen LogP contribution in [0.15, 0.2) is 11.3 Å². The SMILES string of the molecule is COC1=C(C#N)C(=O)N(CCC(C)(C)C)C1(O)C(C)(C)C. The third-order valence-electron chi connectivity index (χ3n) is 3.84. The molecule has 1 aliphatic heterocycles. The van der Waals surface area contributed by atoms with Crippen LogP contribution in [-0.4, -0.2) is 35.3 Å². The van der Waals surface area contributed by atoms with Crippen molar-refractivity contribution in [1.82, 2.24) is 4.90 Å².